The summed E-state index contributed by atoms with van der Waals surface area (Å²) in [6, 6.07) is 168. The summed E-state index contributed by atoms with van der Waals surface area (Å²) >= 11 is 3.70. The third-order valence-electron chi connectivity index (χ3n) is 29.8. The van der Waals surface area contributed by atoms with Gasteiger partial charge in [0.1, 0.15) is 33.5 Å². The zero-order valence-corrected chi connectivity index (χ0v) is 81.1. The molecule has 11 nitrogen and oxygen atoms in total. The van der Waals surface area contributed by atoms with Crippen LogP contribution in [0.3, 0.4) is 0 Å². The van der Waals surface area contributed by atoms with Crippen molar-refractivity contribution in [1.29, 1.82) is 15.8 Å². The van der Waals surface area contributed by atoms with E-state index < -0.39 is 0 Å². The summed E-state index contributed by atoms with van der Waals surface area (Å²) in [6.07, 6.45) is 0. The molecule has 0 spiro atoms. The molecule has 0 bridgehead atoms. The van der Waals surface area contributed by atoms with Gasteiger partial charge in [0, 0.05) is 144 Å². The zero-order chi connectivity index (χ0) is 98.7. The van der Waals surface area contributed by atoms with Crippen LogP contribution in [0.25, 0.3) is 288 Å². The average molecular weight is 1930 g/mol. The van der Waals surface area contributed by atoms with Crippen molar-refractivity contribution in [3.63, 3.8) is 0 Å². The molecule has 9 aromatic heterocycles. The van der Waals surface area contributed by atoms with Gasteiger partial charge in [-0.25, -0.2) is 4.85 Å². The number of fused-ring (bicyclic) bond motifs is 29. The molecule has 0 radical (unpaired) electrons. The van der Waals surface area contributed by atoms with Crippen molar-refractivity contribution in [3.8, 4) is 108 Å². The number of nitriles is 3. The highest BCUT2D eigenvalue weighted by atomic mass is 32.1. The highest BCUT2D eigenvalue weighted by molar-refractivity contribution is 7.27. The van der Waals surface area contributed by atoms with E-state index in [1.165, 1.54) is 78.2 Å². The second-order valence-corrected chi connectivity index (χ2v) is 40.1. The molecule has 0 fully saturated rings. The monoisotopic (exact) mass is 1930 g/mol. The van der Waals surface area contributed by atoms with E-state index in [2.05, 4.69) is 381 Å². The van der Waals surface area contributed by atoms with Crippen LogP contribution < -0.4 is 0 Å². The lowest BCUT2D eigenvalue weighted by atomic mass is 9.94. The molecule has 0 amide bonds. The maximum atomic E-state index is 10.1. The van der Waals surface area contributed by atoms with Gasteiger partial charge in [0.25, 0.3) is 0 Å². The molecule has 9 heterocycles. The van der Waals surface area contributed by atoms with E-state index in [0.717, 1.165) is 199 Å². The Morgan fingerprint density at radius 1 is 0.221 bits per heavy atom. The molecule has 0 saturated heterocycles. The van der Waals surface area contributed by atoms with E-state index in [9.17, 15) is 15.8 Å². The minimum atomic E-state index is 0.466. The molecular formula is C136H76N8O3S2. The molecule has 0 N–H and O–H groups in total. The summed E-state index contributed by atoms with van der Waals surface area (Å²) in [7, 11) is 0. The van der Waals surface area contributed by atoms with Gasteiger partial charge in [-0.3, -0.25) is 0 Å². The average Bonchev–Trinajstić information content (AvgIpc) is 1.56. The van der Waals surface area contributed by atoms with E-state index in [1.807, 2.05) is 126 Å². The predicted molar refractivity (Wildman–Crippen MR) is 617 cm³/mol. The molecule has 31 rings (SSSR count). The number of furan rings is 3. The highest BCUT2D eigenvalue weighted by Gasteiger charge is 2.28. The van der Waals surface area contributed by atoms with Crippen LogP contribution in [0.15, 0.2) is 474 Å². The van der Waals surface area contributed by atoms with Gasteiger partial charge >= 0.3 is 0 Å². The minimum Gasteiger partial charge on any atom is -0.456 e. The van der Waals surface area contributed by atoms with Gasteiger partial charge in [-0.05, 0) is 244 Å². The minimum absolute atomic E-state index is 0.466. The molecular weight excluding hydrogens is 1860 g/mol. The molecule has 22 aromatic carbocycles. The van der Waals surface area contributed by atoms with Gasteiger partial charge in [-0.2, -0.15) is 15.8 Å². The summed E-state index contributed by atoms with van der Waals surface area (Å²) in [4.78, 5) is 3.81. The molecule has 0 aliphatic heterocycles. The number of benzene rings is 22. The lowest BCUT2D eigenvalue weighted by Gasteiger charge is -2.18. The Labute approximate surface area is 859 Å². The number of hydrogen-bond donors (Lipinski definition) is 0. The second-order valence-electron chi connectivity index (χ2n) is 37.9. The fourth-order valence-corrected chi connectivity index (χ4v) is 25.6. The first-order valence-electron chi connectivity index (χ1n) is 49.5. The summed E-state index contributed by atoms with van der Waals surface area (Å²) in [5.41, 5.74) is 32.3. The van der Waals surface area contributed by atoms with Crippen LogP contribution in [0, 0.1) is 40.6 Å². The van der Waals surface area contributed by atoms with E-state index in [4.69, 9.17) is 19.8 Å². The fourth-order valence-electron chi connectivity index (χ4n) is 23.2. The fraction of sp³-hybridized carbons (Fsp3) is 0. The van der Waals surface area contributed by atoms with Crippen LogP contribution in [0.2, 0.25) is 0 Å². The first-order valence-corrected chi connectivity index (χ1v) is 51.1. The Morgan fingerprint density at radius 3 is 1.23 bits per heavy atom. The molecule has 149 heavy (non-hydrogen) atoms. The van der Waals surface area contributed by atoms with Crippen molar-refractivity contribution in [1.82, 2.24) is 18.3 Å². The number of thiophene rings is 2. The summed E-state index contributed by atoms with van der Waals surface area (Å²) in [5, 5.41) is 51.5. The molecule has 13 heteroatoms. The standard InChI is InChI=1S/C50H28N4S.C43H24N2O2.C43H24N2OS/c1-52-41-19-11-14-33(30-51)48(41)32-13-10-12-31(28-32)35-25-24-34(53-42-20-6-2-15-36(42)37-16-3-7-21-43(37)53)29-46(35)54-44-22-8-4-18-40(44)49-45(54)27-26-39-38-17-5-9-23-47(38)55-50(39)49;44-25-27-9-1-2-10-31(27)29-21-28(26-17-20-41-36(24-26)33-12-5-7-15-39(33)46-41)22-30(23-29)45-37-14-6-3-13-35(37)42-38(45)19-18-34-32-11-4-8-16-40(32)47-43(34)42;44-25-27-9-1-2-10-31(27)29-19-28(26-17-18-41-36(22-26)33-12-4-7-15-40(33)46-41)20-30(21-29)45-38-14-6-3-11-32(38)35-23-37-34-13-5-8-16-42(34)47-43(37)24-39(35)45/h2-29H;2*1-24H. The Kier molecular flexibility index (Phi) is 19.7. The number of aromatic nitrogens is 4. The molecule has 690 valence electrons. The Morgan fingerprint density at radius 2 is 0.644 bits per heavy atom. The van der Waals surface area contributed by atoms with E-state index >= 15 is 0 Å². The summed E-state index contributed by atoms with van der Waals surface area (Å²) in [5.74, 6) is 0. The zero-order valence-electron chi connectivity index (χ0n) is 79.5. The third-order valence-corrected chi connectivity index (χ3v) is 32.2. The van der Waals surface area contributed by atoms with Gasteiger partial charge in [-0.15, -0.1) is 22.7 Å². The lowest BCUT2D eigenvalue weighted by Crippen LogP contribution is -2.01. The molecule has 0 unspecified atom stereocenters. The maximum Gasteiger partial charge on any atom is 0.196 e. The van der Waals surface area contributed by atoms with Crippen molar-refractivity contribution in [2.75, 3.05) is 0 Å². The topological polar surface area (TPSA) is 135 Å². The van der Waals surface area contributed by atoms with E-state index in [-0.39, 0.29) is 0 Å². The molecule has 0 atom stereocenters. The SMILES string of the molecule is N#Cc1ccccc1-c1cc(-c2ccc3oc4ccccc4c3c2)cc(-n2c3ccccc3c3c4oc5ccccc5c4ccc32)c1.N#Cc1ccccc1-c1cc(-c2ccc3oc4ccccc4c3c2)cc(-n2c3ccccc3c3cc4c(cc32)sc2ccccc24)c1.[C-]#[N+]c1cccc(C#N)c1-c1cccc(-c2ccc(-n3c4ccccc4c4ccccc43)cc2-n2c3ccccc3c3c4sc5ccccc5c4ccc32)c1. The van der Waals surface area contributed by atoms with Crippen molar-refractivity contribution in [3.05, 3.63) is 489 Å². The van der Waals surface area contributed by atoms with Crippen molar-refractivity contribution in [2.24, 2.45) is 0 Å². The summed E-state index contributed by atoms with van der Waals surface area (Å²) < 4.78 is 33.5. The van der Waals surface area contributed by atoms with Crippen molar-refractivity contribution >= 4 is 222 Å². The Balaban J connectivity index is 0.000000106. The quantitative estimate of drug-likeness (QED) is 0.125. The van der Waals surface area contributed by atoms with Crippen LogP contribution in [-0.2, 0) is 0 Å². The van der Waals surface area contributed by atoms with Crippen LogP contribution >= 0.6 is 22.7 Å². The van der Waals surface area contributed by atoms with E-state index in [1.54, 1.807) is 18.2 Å². The largest absolute Gasteiger partial charge is 0.456 e. The smallest absolute Gasteiger partial charge is 0.196 e. The van der Waals surface area contributed by atoms with Gasteiger partial charge < -0.3 is 31.5 Å². The third kappa shape index (κ3) is 13.7. The summed E-state index contributed by atoms with van der Waals surface area (Å²) in [6.45, 7) is 7.92. The van der Waals surface area contributed by atoms with Gasteiger partial charge in [0.2, 0.25) is 0 Å². The van der Waals surface area contributed by atoms with Crippen LogP contribution in [0.4, 0.5) is 5.69 Å². The number of rotatable bonds is 10. The van der Waals surface area contributed by atoms with Crippen molar-refractivity contribution < 1.29 is 13.3 Å². The number of para-hydroxylation sites is 8. The molecule has 0 aliphatic rings. The number of hydrogen-bond acceptors (Lipinski definition) is 8. The van der Waals surface area contributed by atoms with Crippen LogP contribution in [0.1, 0.15) is 16.7 Å². The second kappa shape index (κ2) is 34.3. The van der Waals surface area contributed by atoms with Crippen LogP contribution in [-0.4, -0.2) is 18.3 Å². The highest BCUT2D eigenvalue weighted by Crippen LogP contribution is 2.51. The molecule has 31 aromatic rings. The molecule has 0 saturated carbocycles. The van der Waals surface area contributed by atoms with Gasteiger partial charge in [-0.1, -0.05) is 273 Å². The Hall–Kier alpha value is -20.2. The first kappa shape index (κ1) is 85.6. The number of nitrogens with zero attached hydrogens (tertiary/aromatic N) is 8. The van der Waals surface area contributed by atoms with Gasteiger partial charge in [0.15, 0.2) is 5.69 Å². The first-order chi connectivity index (χ1) is 73.7. The van der Waals surface area contributed by atoms with Crippen LogP contribution in [0.5, 0.6) is 0 Å². The van der Waals surface area contributed by atoms with E-state index in [0.29, 0.717) is 27.9 Å². The maximum absolute atomic E-state index is 10.1. The molecule has 0 aliphatic carbocycles. The van der Waals surface area contributed by atoms with Crippen molar-refractivity contribution in [2.45, 2.75) is 0 Å². The normalized spacial score (nSPS) is 11.7. The Bertz CT molecular complexity index is 11000. The lowest BCUT2D eigenvalue weighted by molar-refractivity contribution is 0.668. The predicted octanol–water partition coefficient (Wildman–Crippen LogP) is 38.1. The van der Waals surface area contributed by atoms with Gasteiger partial charge in [0.05, 0.1) is 91.1 Å².